The van der Waals surface area contributed by atoms with Crippen molar-refractivity contribution < 1.29 is 23.7 Å². The number of aliphatic hydroxyl groups excluding tert-OH is 1. The molecule has 41 heavy (non-hydrogen) atoms. The maximum absolute atomic E-state index is 11.1. The van der Waals surface area contributed by atoms with Crippen LogP contribution in [-0.2, 0) is 18.6 Å². The minimum atomic E-state index is -2.65. The first-order valence-corrected chi connectivity index (χ1v) is 16.3. The number of methoxy groups -OCH3 is 2. The Balaban J connectivity index is 1.75. The molecule has 0 saturated carbocycles. The minimum Gasteiger partial charge on any atom is -0.407 e. The van der Waals surface area contributed by atoms with Crippen molar-refractivity contribution >= 4 is 18.7 Å². The van der Waals surface area contributed by atoms with Crippen LogP contribution in [0, 0.1) is 5.92 Å². The van der Waals surface area contributed by atoms with E-state index in [0.717, 1.165) is 11.1 Å². The largest absolute Gasteiger partial charge is 0.407 e. The predicted octanol–water partition coefficient (Wildman–Crippen LogP) is 6.27. The van der Waals surface area contributed by atoms with E-state index in [1.807, 2.05) is 30.3 Å². The minimum absolute atomic E-state index is 0.0969. The van der Waals surface area contributed by atoms with Gasteiger partial charge in [-0.25, -0.2) is 0 Å². The van der Waals surface area contributed by atoms with Gasteiger partial charge in [0.15, 0.2) is 0 Å². The Morgan fingerprint density at radius 3 is 1.80 bits per heavy atom. The number of hydrogen-bond acceptors (Lipinski definition) is 5. The first-order valence-electron chi connectivity index (χ1n) is 14.4. The first kappa shape index (κ1) is 32.9. The van der Waals surface area contributed by atoms with Gasteiger partial charge in [-0.2, -0.15) is 0 Å². The number of hydrogen-bond donors (Lipinski definition) is 1. The summed E-state index contributed by atoms with van der Waals surface area (Å²) in [6, 6.07) is 31.1. The molecule has 0 aliphatic rings. The van der Waals surface area contributed by atoms with Crippen LogP contribution in [0.5, 0.6) is 0 Å². The molecule has 0 aliphatic carbocycles. The molecule has 0 radical (unpaired) electrons. The number of aliphatic hydroxyl groups is 1. The summed E-state index contributed by atoms with van der Waals surface area (Å²) in [7, 11) is 0.666. The number of ether oxygens (including phenoxy) is 3. The zero-order valence-corrected chi connectivity index (χ0v) is 26.6. The van der Waals surface area contributed by atoms with Gasteiger partial charge in [-0.3, -0.25) is 0 Å². The third kappa shape index (κ3) is 8.48. The van der Waals surface area contributed by atoms with Crippen molar-refractivity contribution in [3.63, 3.8) is 0 Å². The van der Waals surface area contributed by atoms with E-state index in [0.29, 0.717) is 19.4 Å². The summed E-state index contributed by atoms with van der Waals surface area (Å²) >= 11 is 0. The Morgan fingerprint density at radius 1 is 0.829 bits per heavy atom. The van der Waals surface area contributed by atoms with Crippen molar-refractivity contribution in [1.29, 1.82) is 0 Å². The van der Waals surface area contributed by atoms with Gasteiger partial charge >= 0.3 is 0 Å². The fraction of sp³-hybridized carbons (Fsp3) is 0.429. The highest BCUT2D eigenvalue weighted by molar-refractivity contribution is 6.99. The van der Waals surface area contributed by atoms with Crippen molar-refractivity contribution in [2.24, 2.45) is 5.92 Å². The molecule has 3 rings (SSSR count). The smallest absolute Gasteiger partial charge is 0.261 e. The topological polar surface area (TPSA) is 57.2 Å². The molecule has 0 amide bonds. The molecule has 0 bridgehead atoms. The number of rotatable bonds is 16. The van der Waals surface area contributed by atoms with Crippen molar-refractivity contribution in [2.45, 2.75) is 63.9 Å². The van der Waals surface area contributed by atoms with Crippen LogP contribution in [0.3, 0.4) is 0 Å². The molecule has 0 unspecified atom stereocenters. The van der Waals surface area contributed by atoms with Gasteiger partial charge in [0.05, 0.1) is 12.2 Å². The van der Waals surface area contributed by atoms with Crippen LogP contribution in [0.15, 0.2) is 103 Å². The second-order valence-electron chi connectivity index (χ2n) is 11.9. The second-order valence-corrected chi connectivity index (χ2v) is 16.2. The zero-order valence-electron chi connectivity index (χ0n) is 25.6. The zero-order chi connectivity index (χ0) is 29.9. The van der Waals surface area contributed by atoms with E-state index >= 15 is 0 Å². The maximum atomic E-state index is 11.1. The Bertz CT molecular complexity index is 1120. The lowest BCUT2D eigenvalue weighted by molar-refractivity contribution is -0.114. The monoisotopic (exact) mass is 576 g/mol. The standard InChI is InChI=1S/C35H48O5Si/c1-27(23-32(36)34(39-26-37-6)29-17-11-8-12-18-29)24-33(38-7)28(2)25-40-41(35(3,4)5,30-19-13-9-14-20-30)31-21-15-10-16-22-31/h8-22,28,32-34,36H,1,23-26H2,2-7H3/t28-,32+,33-,34+/m0/s1. The van der Waals surface area contributed by atoms with Crippen LogP contribution >= 0.6 is 0 Å². The molecule has 1 N–H and O–H groups in total. The van der Waals surface area contributed by atoms with Gasteiger partial charge in [-0.1, -0.05) is 131 Å². The average Bonchev–Trinajstić information content (AvgIpc) is 2.97. The Labute approximate surface area is 248 Å². The van der Waals surface area contributed by atoms with Crippen LogP contribution in [0.25, 0.3) is 0 Å². The van der Waals surface area contributed by atoms with E-state index in [2.05, 4.69) is 94.9 Å². The van der Waals surface area contributed by atoms with E-state index in [-0.39, 0.29) is 23.9 Å². The van der Waals surface area contributed by atoms with Crippen LogP contribution < -0.4 is 10.4 Å². The fourth-order valence-corrected chi connectivity index (χ4v) is 10.3. The van der Waals surface area contributed by atoms with Gasteiger partial charge in [-0.05, 0) is 33.8 Å². The van der Waals surface area contributed by atoms with Crippen molar-refractivity contribution in [3.8, 4) is 0 Å². The SMILES string of the molecule is C=C(C[C@@H](O)[C@H](OCOC)c1ccccc1)C[C@H](OC)[C@@H](C)CO[Si](c1ccccc1)(c1ccccc1)C(C)(C)C. The first-order chi connectivity index (χ1) is 19.6. The molecule has 4 atom stereocenters. The third-order valence-corrected chi connectivity index (χ3v) is 12.8. The van der Waals surface area contributed by atoms with Crippen LogP contribution in [-0.4, -0.2) is 53.3 Å². The van der Waals surface area contributed by atoms with Gasteiger partial charge in [0.2, 0.25) is 0 Å². The van der Waals surface area contributed by atoms with Gasteiger partial charge < -0.3 is 23.7 Å². The van der Waals surface area contributed by atoms with Gasteiger partial charge in [0, 0.05) is 26.7 Å². The third-order valence-electron chi connectivity index (χ3n) is 7.75. The van der Waals surface area contributed by atoms with Gasteiger partial charge in [0.1, 0.15) is 12.9 Å². The lowest BCUT2D eigenvalue weighted by Crippen LogP contribution is -2.67. The van der Waals surface area contributed by atoms with E-state index in [4.69, 9.17) is 18.6 Å². The average molecular weight is 577 g/mol. The number of benzene rings is 3. The molecular formula is C35H48O5Si. The molecular weight excluding hydrogens is 528 g/mol. The molecule has 5 nitrogen and oxygen atoms in total. The molecule has 0 aromatic heterocycles. The summed E-state index contributed by atoms with van der Waals surface area (Å²) in [6.45, 7) is 14.0. The van der Waals surface area contributed by atoms with Crippen LogP contribution in [0.4, 0.5) is 0 Å². The second kappa shape index (κ2) is 15.6. The van der Waals surface area contributed by atoms with Gasteiger partial charge in [0.25, 0.3) is 8.32 Å². The highest BCUT2D eigenvalue weighted by Crippen LogP contribution is 2.37. The summed E-state index contributed by atoms with van der Waals surface area (Å²) in [5.74, 6) is 0.102. The Kier molecular flexibility index (Phi) is 12.5. The van der Waals surface area contributed by atoms with Crippen molar-refractivity contribution in [2.75, 3.05) is 27.6 Å². The Morgan fingerprint density at radius 2 is 1.34 bits per heavy atom. The Hall–Kier alpha value is -2.58. The molecule has 0 heterocycles. The van der Waals surface area contributed by atoms with E-state index < -0.39 is 20.5 Å². The molecule has 3 aromatic rings. The summed E-state index contributed by atoms with van der Waals surface area (Å²) in [4.78, 5) is 0. The van der Waals surface area contributed by atoms with E-state index in [1.54, 1.807) is 14.2 Å². The molecule has 0 fully saturated rings. The lowest BCUT2D eigenvalue weighted by atomic mass is 9.93. The quantitative estimate of drug-likeness (QED) is 0.124. The fourth-order valence-electron chi connectivity index (χ4n) is 5.63. The normalized spacial score (nSPS) is 15.2. The summed E-state index contributed by atoms with van der Waals surface area (Å²) in [5, 5.41) is 13.6. The van der Waals surface area contributed by atoms with Crippen LogP contribution in [0.2, 0.25) is 5.04 Å². The molecule has 0 saturated heterocycles. The van der Waals surface area contributed by atoms with Gasteiger partial charge in [-0.15, -0.1) is 0 Å². The molecule has 0 spiro atoms. The molecule has 222 valence electrons. The maximum Gasteiger partial charge on any atom is 0.261 e. The lowest BCUT2D eigenvalue weighted by Gasteiger charge is -2.44. The summed E-state index contributed by atoms with van der Waals surface area (Å²) < 4.78 is 24.1. The highest BCUT2D eigenvalue weighted by Gasteiger charge is 2.50. The highest BCUT2D eigenvalue weighted by atomic mass is 28.4. The van der Waals surface area contributed by atoms with Crippen molar-refractivity contribution in [1.82, 2.24) is 0 Å². The molecule has 3 aromatic carbocycles. The molecule has 0 aliphatic heterocycles. The summed E-state index contributed by atoms with van der Waals surface area (Å²) in [6.07, 6.45) is -0.371. The molecule has 6 heteroatoms. The van der Waals surface area contributed by atoms with E-state index in [9.17, 15) is 5.11 Å². The predicted molar refractivity (Wildman–Crippen MR) is 170 cm³/mol. The van der Waals surface area contributed by atoms with Crippen molar-refractivity contribution in [3.05, 3.63) is 109 Å². The summed E-state index contributed by atoms with van der Waals surface area (Å²) in [5.41, 5.74) is 1.81. The van der Waals surface area contributed by atoms with Crippen LogP contribution in [0.1, 0.15) is 52.2 Å². The van der Waals surface area contributed by atoms with E-state index in [1.165, 1.54) is 10.4 Å².